The molecule has 2 aliphatic rings. The van der Waals surface area contributed by atoms with Gasteiger partial charge in [0.15, 0.2) is 9.84 Å². The van der Waals surface area contributed by atoms with Gasteiger partial charge in [0.25, 0.3) is 0 Å². The Morgan fingerprint density at radius 2 is 2.07 bits per heavy atom. The van der Waals surface area contributed by atoms with Crippen molar-refractivity contribution in [3.8, 4) is 0 Å². The molecule has 0 aromatic carbocycles. The molecule has 80 valence electrons. The maximum Gasteiger partial charge on any atom is 0.321 e. The summed E-state index contributed by atoms with van der Waals surface area (Å²) in [4.78, 5) is 10.7. The third-order valence-corrected chi connectivity index (χ3v) is 5.31. The number of rotatable bonds is 1. The fourth-order valence-electron chi connectivity index (χ4n) is 2.35. The summed E-state index contributed by atoms with van der Waals surface area (Å²) in [6.45, 7) is 0. The fourth-order valence-corrected chi connectivity index (χ4v) is 4.54. The molecule has 0 radical (unpaired) electrons. The Bertz CT molecular complexity index is 350. The molecule has 1 aliphatic heterocycles. The normalized spacial score (nSPS) is 40.4. The number of aliphatic carboxylic acids is 1. The van der Waals surface area contributed by atoms with Crippen LogP contribution >= 0.6 is 0 Å². The third kappa shape index (κ3) is 1.52. The van der Waals surface area contributed by atoms with Crippen LogP contribution in [0.1, 0.15) is 19.3 Å². The molecule has 1 heterocycles. The van der Waals surface area contributed by atoms with Gasteiger partial charge in [-0.15, -0.1) is 0 Å². The highest BCUT2D eigenvalue weighted by atomic mass is 32.2. The van der Waals surface area contributed by atoms with Crippen LogP contribution in [0.2, 0.25) is 0 Å². The second-order valence-corrected chi connectivity index (χ2v) is 6.23. The Hall–Kier alpha value is -0.620. The van der Waals surface area contributed by atoms with E-state index < -0.39 is 21.8 Å². The van der Waals surface area contributed by atoms with Crippen LogP contribution in [-0.4, -0.2) is 42.6 Å². The van der Waals surface area contributed by atoms with Crippen LogP contribution in [0, 0.1) is 0 Å². The second kappa shape index (κ2) is 3.20. The highest BCUT2D eigenvalue weighted by Gasteiger charge is 2.45. The van der Waals surface area contributed by atoms with Gasteiger partial charge in [-0.1, -0.05) is 6.42 Å². The van der Waals surface area contributed by atoms with Crippen molar-refractivity contribution < 1.29 is 18.3 Å². The Labute approximate surface area is 82.4 Å². The van der Waals surface area contributed by atoms with Crippen LogP contribution < -0.4 is 5.32 Å². The lowest BCUT2D eigenvalue weighted by molar-refractivity contribution is -0.139. The fraction of sp³-hybridized carbons (Fsp3) is 0.875. The largest absolute Gasteiger partial charge is 0.480 e. The van der Waals surface area contributed by atoms with Crippen molar-refractivity contribution in [3.05, 3.63) is 0 Å². The number of hydrogen-bond donors (Lipinski definition) is 2. The zero-order valence-corrected chi connectivity index (χ0v) is 8.46. The molecule has 2 fully saturated rings. The molecule has 1 saturated heterocycles. The minimum atomic E-state index is -3.20. The Kier molecular flexibility index (Phi) is 2.27. The lowest BCUT2D eigenvalue weighted by atomic mass is 10.2. The summed E-state index contributed by atoms with van der Waals surface area (Å²) in [5, 5.41) is 11.3. The highest BCUT2D eigenvalue weighted by molar-refractivity contribution is 7.92. The molecule has 5 nitrogen and oxygen atoms in total. The lowest BCUT2D eigenvalue weighted by Gasteiger charge is -2.30. The summed E-state index contributed by atoms with van der Waals surface area (Å²) in [5.41, 5.74) is 0. The van der Waals surface area contributed by atoms with E-state index in [0.29, 0.717) is 6.42 Å². The highest BCUT2D eigenvalue weighted by Crippen LogP contribution is 2.29. The number of carboxylic acids is 1. The topological polar surface area (TPSA) is 83.5 Å². The van der Waals surface area contributed by atoms with Crippen molar-refractivity contribution in [1.29, 1.82) is 0 Å². The van der Waals surface area contributed by atoms with Gasteiger partial charge in [0, 0.05) is 6.04 Å². The number of carboxylic acid groups (broad SMARTS) is 1. The van der Waals surface area contributed by atoms with Crippen LogP contribution in [0.4, 0.5) is 0 Å². The molecular formula is C8H13NO4S. The van der Waals surface area contributed by atoms with Gasteiger partial charge in [-0.05, 0) is 12.8 Å². The third-order valence-electron chi connectivity index (χ3n) is 3.03. The van der Waals surface area contributed by atoms with Crippen LogP contribution in [0.5, 0.6) is 0 Å². The first kappa shape index (κ1) is 9.92. The quantitative estimate of drug-likeness (QED) is 0.614. The predicted octanol–water partition coefficient (Wildman–Crippen LogP) is -0.621. The van der Waals surface area contributed by atoms with Gasteiger partial charge in [-0.3, -0.25) is 10.1 Å². The Morgan fingerprint density at radius 3 is 2.71 bits per heavy atom. The number of sulfone groups is 1. The summed E-state index contributed by atoms with van der Waals surface area (Å²) >= 11 is 0. The van der Waals surface area contributed by atoms with Gasteiger partial charge in [0.2, 0.25) is 0 Å². The first-order chi connectivity index (χ1) is 6.50. The van der Waals surface area contributed by atoms with E-state index >= 15 is 0 Å². The minimum absolute atomic E-state index is 0.144. The van der Waals surface area contributed by atoms with E-state index in [2.05, 4.69) is 5.32 Å². The van der Waals surface area contributed by atoms with Crippen molar-refractivity contribution in [2.45, 2.75) is 36.6 Å². The van der Waals surface area contributed by atoms with Crippen molar-refractivity contribution in [1.82, 2.24) is 5.32 Å². The average molecular weight is 219 g/mol. The standard InChI is InChI=1S/C8H13NO4S/c10-8(11)6-4-14(12,13)7-3-1-2-5(7)9-6/h5-7,9H,1-4H2,(H,10,11). The smallest absolute Gasteiger partial charge is 0.321 e. The van der Waals surface area contributed by atoms with Gasteiger partial charge in [0.05, 0.1) is 11.0 Å². The van der Waals surface area contributed by atoms with Crippen molar-refractivity contribution >= 4 is 15.8 Å². The molecule has 0 aromatic rings. The van der Waals surface area contributed by atoms with Crippen molar-refractivity contribution in [3.63, 3.8) is 0 Å². The van der Waals surface area contributed by atoms with Gasteiger partial charge >= 0.3 is 5.97 Å². The number of carbonyl (C=O) groups is 1. The number of nitrogens with one attached hydrogen (secondary N) is 1. The number of hydrogen-bond acceptors (Lipinski definition) is 4. The molecule has 0 amide bonds. The molecule has 14 heavy (non-hydrogen) atoms. The van der Waals surface area contributed by atoms with Gasteiger partial charge in [-0.25, -0.2) is 8.42 Å². The van der Waals surface area contributed by atoms with Gasteiger partial charge in [0.1, 0.15) is 6.04 Å². The molecule has 0 bridgehead atoms. The summed E-state index contributed by atoms with van der Waals surface area (Å²) < 4.78 is 23.3. The van der Waals surface area contributed by atoms with E-state index in [1.807, 2.05) is 0 Å². The molecule has 6 heteroatoms. The Morgan fingerprint density at radius 1 is 1.36 bits per heavy atom. The van der Waals surface area contributed by atoms with E-state index in [4.69, 9.17) is 5.11 Å². The number of fused-ring (bicyclic) bond motifs is 1. The zero-order chi connectivity index (χ0) is 10.3. The second-order valence-electron chi connectivity index (χ2n) is 3.96. The van der Waals surface area contributed by atoms with E-state index in [9.17, 15) is 13.2 Å². The predicted molar refractivity (Wildman–Crippen MR) is 49.8 cm³/mol. The maximum absolute atomic E-state index is 11.7. The molecule has 1 saturated carbocycles. The molecular weight excluding hydrogens is 206 g/mol. The monoisotopic (exact) mass is 219 g/mol. The molecule has 2 rings (SSSR count). The molecule has 1 aliphatic carbocycles. The molecule has 0 aromatic heterocycles. The van der Waals surface area contributed by atoms with Crippen molar-refractivity contribution in [2.24, 2.45) is 0 Å². The van der Waals surface area contributed by atoms with Gasteiger partial charge < -0.3 is 5.11 Å². The SMILES string of the molecule is O=C(O)C1CS(=O)(=O)C2CCCC2N1. The summed E-state index contributed by atoms with van der Waals surface area (Å²) in [5.74, 6) is -1.33. The van der Waals surface area contributed by atoms with E-state index in [1.165, 1.54) is 0 Å². The average Bonchev–Trinajstić information content (AvgIpc) is 2.51. The van der Waals surface area contributed by atoms with Crippen LogP contribution in [0.25, 0.3) is 0 Å². The van der Waals surface area contributed by atoms with Crippen molar-refractivity contribution in [2.75, 3.05) is 5.75 Å². The molecule has 0 spiro atoms. The summed E-state index contributed by atoms with van der Waals surface area (Å²) in [6.07, 6.45) is 2.31. The zero-order valence-electron chi connectivity index (χ0n) is 7.64. The van der Waals surface area contributed by atoms with Gasteiger partial charge in [-0.2, -0.15) is 0 Å². The van der Waals surface area contributed by atoms with E-state index in [-0.39, 0.29) is 17.0 Å². The molecule has 3 unspecified atom stereocenters. The summed E-state index contributed by atoms with van der Waals surface area (Å²) in [7, 11) is -3.20. The first-order valence-corrected chi connectivity index (χ1v) is 6.42. The van der Waals surface area contributed by atoms with Crippen LogP contribution in [0.3, 0.4) is 0 Å². The van der Waals surface area contributed by atoms with Crippen LogP contribution in [0.15, 0.2) is 0 Å². The maximum atomic E-state index is 11.7. The molecule has 2 N–H and O–H groups in total. The van der Waals surface area contributed by atoms with E-state index in [0.717, 1.165) is 12.8 Å². The van der Waals surface area contributed by atoms with E-state index in [1.54, 1.807) is 0 Å². The lowest BCUT2D eigenvalue weighted by Crippen LogP contribution is -2.57. The van der Waals surface area contributed by atoms with Crippen LogP contribution in [-0.2, 0) is 14.6 Å². The first-order valence-electron chi connectivity index (χ1n) is 4.71. The Balaban J connectivity index is 2.24. The summed E-state index contributed by atoms with van der Waals surface area (Å²) in [6, 6.07) is -1.06. The molecule has 3 atom stereocenters. The minimum Gasteiger partial charge on any atom is -0.480 e.